The summed E-state index contributed by atoms with van der Waals surface area (Å²) >= 11 is 3.61. The molecule has 1 aromatic carbocycles. The number of nitrogens with zero attached hydrogens (tertiary/aromatic N) is 1. The molecule has 1 aromatic heterocycles. The topological polar surface area (TPSA) is 43.1 Å². The van der Waals surface area contributed by atoms with Gasteiger partial charge in [0.1, 0.15) is 0 Å². The molecule has 14 heavy (non-hydrogen) atoms. The molecule has 1 heterocycles. The molecule has 0 saturated heterocycles. The molecule has 0 fully saturated rings. The minimum atomic E-state index is -0.329. The molecule has 0 saturated carbocycles. The quantitative estimate of drug-likeness (QED) is 0.457. The van der Waals surface area contributed by atoms with E-state index in [-0.39, 0.29) is 10.6 Å². The summed E-state index contributed by atoms with van der Waals surface area (Å²) in [6.45, 7) is 2.01. The van der Waals surface area contributed by atoms with Crippen LogP contribution in [0.15, 0.2) is 17.5 Å². The number of nitro groups is 1. The second-order valence-electron chi connectivity index (χ2n) is 2.98. The summed E-state index contributed by atoms with van der Waals surface area (Å²) in [5, 5.41) is 13.0. The van der Waals surface area contributed by atoms with Crippen LogP contribution in [0.2, 0.25) is 0 Å². The van der Waals surface area contributed by atoms with E-state index in [0.29, 0.717) is 0 Å². The van der Waals surface area contributed by atoms with Crippen molar-refractivity contribution in [2.24, 2.45) is 0 Å². The first-order chi connectivity index (χ1) is 6.59. The zero-order valence-electron chi connectivity index (χ0n) is 7.28. The summed E-state index contributed by atoms with van der Waals surface area (Å²) in [4.78, 5) is 10.4. The highest BCUT2D eigenvalue weighted by atomic mass is 127. The van der Waals surface area contributed by atoms with Crippen molar-refractivity contribution in [3.05, 3.63) is 36.8 Å². The van der Waals surface area contributed by atoms with E-state index in [9.17, 15) is 10.1 Å². The summed E-state index contributed by atoms with van der Waals surface area (Å²) < 4.78 is 2.05. The van der Waals surface area contributed by atoms with Gasteiger partial charge in [0, 0.05) is 8.27 Å². The maximum Gasteiger partial charge on any atom is 0.287 e. The van der Waals surface area contributed by atoms with Gasteiger partial charge in [-0.05, 0) is 47.2 Å². The average molecular weight is 319 g/mol. The Morgan fingerprint density at radius 1 is 1.50 bits per heavy atom. The fourth-order valence-electron chi connectivity index (χ4n) is 1.28. The molecule has 0 aliphatic heterocycles. The van der Waals surface area contributed by atoms with E-state index < -0.39 is 0 Å². The van der Waals surface area contributed by atoms with Gasteiger partial charge in [0.25, 0.3) is 5.69 Å². The number of fused-ring (bicyclic) bond motifs is 1. The van der Waals surface area contributed by atoms with Gasteiger partial charge in [0.05, 0.1) is 15.7 Å². The zero-order chi connectivity index (χ0) is 10.3. The highest BCUT2D eigenvalue weighted by Gasteiger charge is 2.14. The predicted molar refractivity (Wildman–Crippen MR) is 65.9 cm³/mol. The molecule has 0 spiro atoms. The zero-order valence-corrected chi connectivity index (χ0v) is 10.3. The van der Waals surface area contributed by atoms with E-state index in [4.69, 9.17) is 0 Å². The lowest BCUT2D eigenvalue weighted by molar-refractivity contribution is -0.382. The summed E-state index contributed by atoms with van der Waals surface area (Å²) in [6, 6.07) is 3.87. The van der Waals surface area contributed by atoms with Crippen LogP contribution in [0.1, 0.15) is 5.56 Å². The lowest BCUT2D eigenvalue weighted by Gasteiger charge is -1.97. The fraction of sp³-hybridized carbons (Fsp3) is 0.111. The molecule has 0 aliphatic rings. The van der Waals surface area contributed by atoms with E-state index in [1.54, 1.807) is 5.38 Å². The fourth-order valence-corrected chi connectivity index (χ4v) is 2.73. The first-order valence-electron chi connectivity index (χ1n) is 3.91. The Morgan fingerprint density at radius 3 is 2.86 bits per heavy atom. The van der Waals surface area contributed by atoms with Gasteiger partial charge in [-0.3, -0.25) is 10.1 Å². The van der Waals surface area contributed by atoms with Gasteiger partial charge < -0.3 is 0 Å². The van der Waals surface area contributed by atoms with E-state index in [0.717, 1.165) is 19.2 Å². The SMILES string of the molecule is Cc1cc2scc([N+](=O)[O-])c2cc1I. The van der Waals surface area contributed by atoms with Crippen LogP contribution >= 0.6 is 33.9 Å². The van der Waals surface area contributed by atoms with E-state index in [1.165, 1.54) is 11.3 Å². The third-order valence-electron chi connectivity index (χ3n) is 2.03. The van der Waals surface area contributed by atoms with Gasteiger partial charge in [0.2, 0.25) is 0 Å². The number of halogens is 1. The Kier molecular flexibility index (Phi) is 2.44. The smallest absolute Gasteiger partial charge is 0.258 e. The maximum absolute atomic E-state index is 10.7. The molecule has 0 bridgehead atoms. The predicted octanol–water partition coefficient (Wildman–Crippen LogP) is 3.72. The highest BCUT2D eigenvalue weighted by molar-refractivity contribution is 14.1. The molecule has 0 N–H and O–H groups in total. The third-order valence-corrected chi connectivity index (χ3v) is 4.13. The van der Waals surface area contributed by atoms with Crippen molar-refractivity contribution in [3.8, 4) is 0 Å². The van der Waals surface area contributed by atoms with Crippen molar-refractivity contribution < 1.29 is 4.92 Å². The van der Waals surface area contributed by atoms with Crippen LogP contribution in [0.25, 0.3) is 10.1 Å². The van der Waals surface area contributed by atoms with E-state index >= 15 is 0 Å². The van der Waals surface area contributed by atoms with Gasteiger partial charge in [-0.2, -0.15) is 0 Å². The van der Waals surface area contributed by atoms with Crippen molar-refractivity contribution >= 4 is 49.7 Å². The van der Waals surface area contributed by atoms with Crippen LogP contribution in [0.3, 0.4) is 0 Å². The monoisotopic (exact) mass is 319 g/mol. The van der Waals surface area contributed by atoms with Crippen LogP contribution < -0.4 is 0 Å². The van der Waals surface area contributed by atoms with Crippen molar-refractivity contribution in [2.75, 3.05) is 0 Å². The van der Waals surface area contributed by atoms with Crippen LogP contribution in [-0.2, 0) is 0 Å². The maximum atomic E-state index is 10.7. The standard InChI is InChI=1S/C9H6INO2S/c1-5-2-9-6(3-7(5)10)8(4-14-9)11(12)13/h2-4H,1H3. The molecular formula is C9H6INO2S. The molecule has 0 radical (unpaired) electrons. The van der Waals surface area contributed by atoms with Crippen molar-refractivity contribution in [3.63, 3.8) is 0 Å². The molecule has 2 rings (SSSR count). The molecule has 2 aromatic rings. The Morgan fingerprint density at radius 2 is 2.21 bits per heavy atom. The van der Waals surface area contributed by atoms with Crippen LogP contribution in [-0.4, -0.2) is 4.92 Å². The summed E-state index contributed by atoms with van der Waals surface area (Å²) in [6.07, 6.45) is 0. The third kappa shape index (κ3) is 1.50. The molecule has 72 valence electrons. The summed E-state index contributed by atoms with van der Waals surface area (Å²) in [7, 11) is 0. The molecule has 0 unspecified atom stereocenters. The van der Waals surface area contributed by atoms with Crippen molar-refractivity contribution in [1.29, 1.82) is 0 Å². The summed E-state index contributed by atoms with van der Waals surface area (Å²) in [5.41, 5.74) is 1.37. The number of hydrogen-bond donors (Lipinski definition) is 0. The van der Waals surface area contributed by atoms with Gasteiger partial charge in [0.15, 0.2) is 0 Å². The van der Waals surface area contributed by atoms with Crippen LogP contribution in [0.4, 0.5) is 5.69 Å². The Hall–Kier alpha value is -0.690. The first kappa shape index (κ1) is 9.85. The van der Waals surface area contributed by atoms with Crippen LogP contribution in [0.5, 0.6) is 0 Å². The average Bonchev–Trinajstić information content (AvgIpc) is 2.48. The molecule has 0 amide bonds. The largest absolute Gasteiger partial charge is 0.287 e. The minimum Gasteiger partial charge on any atom is -0.258 e. The Bertz CT molecular complexity index is 521. The number of rotatable bonds is 1. The highest BCUT2D eigenvalue weighted by Crippen LogP contribution is 2.34. The van der Waals surface area contributed by atoms with Crippen LogP contribution in [0, 0.1) is 20.6 Å². The Labute approximate surface area is 98.0 Å². The van der Waals surface area contributed by atoms with E-state index in [1.807, 2.05) is 19.1 Å². The Balaban J connectivity index is 2.80. The normalized spacial score (nSPS) is 10.7. The van der Waals surface area contributed by atoms with Gasteiger partial charge in [-0.1, -0.05) is 0 Å². The van der Waals surface area contributed by atoms with Crippen molar-refractivity contribution in [1.82, 2.24) is 0 Å². The lowest BCUT2D eigenvalue weighted by atomic mass is 10.2. The number of hydrogen-bond acceptors (Lipinski definition) is 3. The second-order valence-corrected chi connectivity index (χ2v) is 5.05. The van der Waals surface area contributed by atoms with Gasteiger partial charge >= 0.3 is 0 Å². The van der Waals surface area contributed by atoms with Gasteiger partial charge in [-0.25, -0.2) is 0 Å². The number of aryl methyl sites for hydroxylation is 1. The molecule has 3 nitrogen and oxygen atoms in total. The number of benzene rings is 1. The second kappa shape index (κ2) is 3.47. The molecular weight excluding hydrogens is 313 g/mol. The minimum absolute atomic E-state index is 0.211. The van der Waals surface area contributed by atoms with Gasteiger partial charge in [-0.15, -0.1) is 11.3 Å². The first-order valence-corrected chi connectivity index (χ1v) is 5.87. The van der Waals surface area contributed by atoms with E-state index in [2.05, 4.69) is 22.6 Å². The lowest BCUT2D eigenvalue weighted by Crippen LogP contribution is -1.86. The molecule has 0 atom stereocenters. The number of thiophene rings is 1. The molecule has 0 aliphatic carbocycles. The van der Waals surface area contributed by atoms with Crippen molar-refractivity contribution in [2.45, 2.75) is 6.92 Å². The molecule has 5 heteroatoms. The summed E-state index contributed by atoms with van der Waals surface area (Å²) in [5.74, 6) is 0.